The van der Waals surface area contributed by atoms with Crippen molar-refractivity contribution >= 4 is 0 Å². The van der Waals surface area contributed by atoms with E-state index < -0.39 is 0 Å². The van der Waals surface area contributed by atoms with E-state index in [0.717, 1.165) is 6.42 Å². The van der Waals surface area contributed by atoms with Crippen LogP contribution < -0.4 is 5.73 Å². The maximum atomic E-state index is 5.98. The molecule has 0 heterocycles. The molecule has 0 bridgehead atoms. The van der Waals surface area contributed by atoms with Gasteiger partial charge in [0.1, 0.15) is 0 Å². The molecule has 2 atom stereocenters. The average Bonchev–Trinajstić information content (AvgIpc) is 2.31. The Balaban J connectivity index is 3.14. The number of unbranched alkanes of at least 4 members (excludes halogenated alkanes) is 7. The number of rotatable bonds is 11. The summed E-state index contributed by atoms with van der Waals surface area (Å²) in [7, 11) is 1.73. The first-order valence-corrected chi connectivity index (χ1v) is 7.00. The molecule has 0 aliphatic rings. The minimum Gasteiger partial charge on any atom is -0.380 e. The van der Waals surface area contributed by atoms with Gasteiger partial charge in [-0.05, 0) is 13.3 Å². The zero-order valence-electron chi connectivity index (χ0n) is 11.5. The maximum Gasteiger partial charge on any atom is 0.0694 e. The van der Waals surface area contributed by atoms with Gasteiger partial charge in [-0.15, -0.1) is 0 Å². The van der Waals surface area contributed by atoms with Gasteiger partial charge in [-0.2, -0.15) is 0 Å². The van der Waals surface area contributed by atoms with Crippen molar-refractivity contribution in [2.24, 2.45) is 5.73 Å². The van der Waals surface area contributed by atoms with Crippen molar-refractivity contribution in [3.63, 3.8) is 0 Å². The predicted octanol–water partition coefficient (Wildman–Crippen LogP) is 3.88. The van der Waals surface area contributed by atoms with Crippen LogP contribution in [-0.2, 0) is 4.74 Å². The van der Waals surface area contributed by atoms with E-state index in [2.05, 4.69) is 13.8 Å². The monoisotopic (exact) mass is 229 g/mol. The molecular formula is C14H31NO. The van der Waals surface area contributed by atoms with Crippen molar-refractivity contribution in [3.05, 3.63) is 0 Å². The lowest BCUT2D eigenvalue weighted by atomic mass is 10.0. The molecule has 0 saturated heterocycles. The van der Waals surface area contributed by atoms with Crippen LogP contribution in [0.15, 0.2) is 0 Å². The molecule has 0 spiro atoms. The standard InChI is InChI=1S/C14H31NO/c1-4-5-6-7-8-9-10-11-12-14(15)13(2)16-3/h13-14H,4-12,15H2,1-3H3. The zero-order chi connectivity index (χ0) is 12.2. The lowest BCUT2D eigenvalue weighted by Gasteiger charge is -2.17. The second kappa shape index (κ2) is 11.4. The van der Waals surface area contributed by atoms with E-state index in [1.807, 2.05) is 0 Å². The van der Waals surface area contributed by atoms with E-state index in [-0.39, 0.29) is 12.1 Å². The van der Waals surface area contributed by atoms with E-state index >= 15 is 0 Å². The van der Waals surface area contributed by atoms with Crippen molar-refractivity contribution in [3.8, 4) is 0 Å². The van der Waals surface area contributed by atoms with Crippen molar-refractivity contribution < 1.29 is 4.74 Å². The molecule has 16 heavy (non-hydrogen) atoms. The van der Waals surface area contributed by atoms with Gasteiger partial charge in [-0.3, -0.25) is 0 Å². The lowest BCUT2D eigenvalue weighted by Crippen LogP contribution is -2.33. The fourth-order valence-corrected chi connectivity index (χ4v) is 1.92. The SMILES string of the molecule is CCCCCCCCCCC(N)C(C)OC. The van der Waals surface area contributed by atoms with Gasteiger partial charge in [0, 0.05) is 13.2 Å². The molecule has 2 nitrogen and oxygen atoms in total. The van der Waals surface area contributed by atoms with Crippen LogP contribution in [0.1, 0.15) is 71.6 Å². The molecule has 98 valence electrons. The number of hydrogen-bond donors (Lipinski definition) is 1. The number of hydrogen-bond acceptors (Lipinski definition) is 2. The largest absolute Gasteiger partial charge is 0.380 e. The van der Waals surface area contributed by atoms with Gasteiger partial charge in [-0.25, -0.2) is 0 Å². The van der Waals surface area contributed by atoms with Crippen molar-refractivity contribution in [2.45, 2.75) is 83.8 Å². The topological polar surface area (TPSA) is 35.2 Å². The third-order valence-electron chi connectivity index (χ3n) is 3.37. The van der Waals surface area contributed by atoms with Gasteiger partial charge < -0.3 is 10.5 Å². The van der Waals surface area contributed by atoms with Crippen LogP contribution in [0, 0.1) is 0 Å². The first-order chi connectivity index (χ1) is 7.72. The molecule has 2 N–H and O–H groups in total. The van der Waals surface area contributed by atoms with Gasteiger partial charge in [0.2, 0.25) is 0 Å². The van der Waals surface area contributed by atoms with Crippen LogP contribution in [0.5, 0.6) is 0 Å². The van der Waals surface area contributed by atoms with E-state index in [1.165, 1.54) is 51.4 Å². The van der Waals surface area contributed by atoms with Crippen molar-refractivity contribution in [2.75, 3.05) is 7.11 Å². The molecule has 0 amide bonds. The Labute approximate surface area is 102 Å². The summed E-state index contributed by atoms with van der Waals surface area (Å²) >= 11 is 0. The van der Waals surface area contributed by atoms with Crippen molar-refractivity contribution in [1.82, 2.24) is 0 Å². The van der Waals surface area contributed by atoms with Gasteiger partial charge in [-0.1, -0.05) is 58.3 Å². The zero-order valence-corrected chi connectivity index (χ0v) is 11.5. The third-order valence-corrected chi connectivity index (χ3v) is 3.37. The van der Waals surface area contributed by atoms with Crippen LogP contribution in [0.25, 0.3) is 0 Å². The summed E-state index contributed by atoms with van der Waals surface area (Å²) in [5.41, 5.74) is 5.98. The number of nitrogens with two attached hydrogens (primary N) is 1. The highest BCUT2D eigenvalue weighted by atomic mass is 16.5. The van der Waals surface area contributed by atoms with E-state index in [1.54, 1.807) is 7.11 Å². The molecule has 0 radical (unpaired) electrons. The van der Waals surface area contributed by atoms with Crippen molar-refractivity contribution in [1.29, 1.82) is 0 Å². The molecule has 0 aliphatic carbocycles. The van der Waals surface area contributed by atoms with E-state index in [4.69, 9.17) is 10.5 Å². The minimum absolute atomic E-state index is 0.199. The number of ether oxygens (including phenoxy) is 1. The third kappa shape index (κ3) is 9.17. The summed E-state index contributed by atoms with van der Waals surface area (Å²) in [6.45, 7) is 4.31. The van der Waals surface area contributed by atoms with Gasteiger partial charge >= 0.3 is 0 Å². The molecule has 0 aromatic carbocycles. The first-order valence-electron chi connectivity index (χ1n) is 7.00. The second-order valence-corrected chi connectivity index (χ2v) is 4.87. The highest BCUT2D eigenvalue weighted by Crippen LogP contribution is 2.11. The number of methoxy groups -OCH3 is 1. The Morgan fingerprint density at radius 3 is 1.94 bits per heavy atom. The van der Waals surface area contributed by atoms with Gasteiger partial charge in [0.15, 0.2) is 0 Å². The van der Waals surface area contributed by atoms with Crippen LogP contribution >= 0.6 is 0 Å². The highest BCUT2D eigenvalue weighted by molar-refractivity contribution is 4.68. The predicted molar refractivity (Wildman–Crippen MR) is 71.7 cm³/mol. The Hall–Kier alpha value is -0.0800. The first kappa shape index (κ1) is 15.9. The van der Waals surface area contributed by atoms with Crippen LogP contribution in [0.3, 0.4) is 0 Å². The molecule has 0 rings (SSSR count). The maximum absolute atomic E-state index is 5.98. The lowest BCUT2D eigenvalue weighted by molar-refractivity contribution is 0.0920. The van der Waals surface area contributed by atoms with Crippen LogP contribution in [-0.4, -0.2) is 19.3 Å². The van der Waals surface area contributed by atoms with Gasteiger partial charge in [0.25, 0.3) is 0 Å². The molecule has 0 fully saturated rings. The van der Waals surface area contributed by atoms with Crippen LogP contribution in [0.2, 0.25) is 0 Å². The minimum atomic E-state index is 0.199. The molecule has 0 aliphatic heterocycles. The smallest absolute Gasteiger partial charge is 0.0694 e. The Morgan fingerprint density at radius 1 is 0.938 bits per heavy atom. The van der Waals surface area contributed by atoms with Crippen LogP contribution in [0.4, 0.5) is 0 Å². The molecule has 0 aromatic heterocycles. The molecule has 0 aromatic rings. The summed E-state index contributed by atoms with van der Waals surface area (Å²) in [5, 5.41) is 0. The summed E-state index contributed by atoms with van der Waals surface area (Å²) in [6.07, 6.45) is 12.2. The molecule has 2 unspecified atom stereocenters. The normalized spacial score (nSPS) is 15.0. The summed E-state index contributed by atoms with van der Waals surface area (Å²) in [4.78, 5) is 0. The molecule has 2 heteroatoms. The fraction of sp³-hybridized carbons (Fsp3) is 1.00. The fourth-order valence-electron chi connectivity index (χ4n) is 1.92. The van der Waals surface area contributed by atoms with E-state index in [9.17, 15) is 0 Å². The summed E-state index contributed by atoms with van der Waals surface area (Å²) in [6, 6.07) is 0.213. The second-order valence-electron chi connectivity index (χ2n) is 4.87. The summed E-state index contributed by atoms with van der Waals surface area (Å²) in [5.74, 6) is 0. The van der Waals surface area contributed by atoms with Gasteiger partial charge in [0.05, 0.1) is 6.10 Å². The Kier molecular flexibility index (Phi) is 11.3. The quantitative estimate of drug-likeness (QED) is 0.546. The average molecular weight is 229 g/mol. The highest BCUT2D eigenvalue weighted by Gasteiger charge is 2.10. The van der Waals surface area contributed by atoms with E-state index in [0.29, 0.717) is 0 Å². The Bertz CT molecular complexity index is 139. The molecular weight excluding hydrogens is 198 g/mol. The Morgan fingerprint density at radius 2 is 1.44 bits per heavy atom. The molecule has 0 saturated carbocycles. The summed E-state index contributed by atoms with van der Waals surface area (Å²) < 4.78 is 5.21.